The van der Waals surface area contributed by atoms with Crippen LogP contribution in [0.5, 0.6) is 0 Å². The van der Waals surface area contributed by atoms with Crippen LogP contribution in [0.1, 0.15) is 23.0 Å². The molecule has 3 heteroatoms. The van der Waals surface area contributed by atoms with E-state index in [9.17, 15) is 4.79 Å². The quantitative estimate of drug-likeness (QED) is 0.701. The molecular weight excluding hydrogens is 286 g/mol. The normalized spacial score (nSPS) is 10.5. The summed E-state index contributed by atoms with van der Waals surface area (Å²) in [6.45, 7) is 4.21. The van der Waals surface area contributed by atoms with Gasteiger partial charge in [0, 0.05) is 11.3 Å². The predicted molar refractivity (Wildman–Crippen MR) is 92.4 cm³/mol. The van der Waals surface area contributed by atoms with Gasteiger partial charge in [-0.2, -0.15) is 0 Å². The molecule has 0 saturated carbocycles. The predicted octanol–water partition coefficient (Wildman–Crippen LogP) is 4.83. The van der Waals surface area contributed by atoms with Crippen molar-refractivity contribution in [1.82, 2.24) is 4.98 Å². The number of hydrogen-bond donors (Lipinski definition) is 1. The molecule has 0 aliphatic rings. The minimum atomic E-state index is -0.328. The number of carbonyl (C=O) groups excluding carboxylic acids is 1. The zero-order chi connectivity index (χ0) is 16.2. The molecule has 0 saturated heterocycles. The van der Waals surface area contributed by atoms with Gasteiger partial charge in [0.1, 0.15) is 5.69 Å². The number of nitrogens with one attached hydrogen (secondary N) is 1. The van der Waals surface area contributed by atoms with E-state index in [0.29, 0.717) is 12.3 Å². The Kier molecular flexibility index (Phi) is 4.29. The average molecular weight is 305 g/mol. The van der Waals surface area contributed by atoms with E-state index in [0.717, 1.165) is 22.4 Å². The summed E-state index contributed by atoms with van der Waals surface area (Å²) in [5.41, 5.74) is 5.49. The molecule has 0 aliphatic heterocycles. The highest BCUT2D eigenvalue weighted by Crippen LogP contribution is 2.30. The maximum absolute atomic E-state index is 12.3. The van der Waals surface area contributed by atoms with E-state index in [1.165, 1.54) is 5.56 Å². The Labute approximate surface area is 135 Å². The number of rotatable bonds is 4. The molecule has 116 valence electrons. The van der Waals surface area contributed by atoms with Gasteiger partial charge in [-0.1, -0.05) is 60.2 Å². The Hall–Kier alpha value is -2.81. The molecule has 0 aliphatic carbocycles. The molecule has 0 amide bonds. The van der Waals surface area contributed by atoms with Crippen LogP contribution in [0.2, 0.25) is 0 Å². The number of ether oxygens (including phenoxy) is 1. The van der Waals surface area contributed by atoms with Gasteiger partial charge in [-0.25, -0.2) is 4.79 Å². The summed E-state index contributed by atoms with van der Waals surface area (Å²) in [6.07, 6.45) is 0. The first kappa shape index (κ1) is 15.1. The minimum absolute atomic E-state index is 0.328. The summed E-state index contributed by atoms with van der Waals surface area (Å²) in [5.74, 6) is -0.328. The highest BCUT2D eigenvalue weighted by molar-refractivity contribution is 5.97. The first-order valence-electron chi connectivity index (χ1n) is 7.71. The van der Waals surface area contributed by atoms with Gasteiger partial charge in [-0.15, -0.1) is 0 Å². The Morgan fingerprint density at radius 2 is 1.70 bits per heavy atom. The highest BCUT2D eigenvalue weighted by Gasteiger charge is 2.18. The summed E-state index contributed by atoms with van der Waals surface area (Å²) < 4.78 is 5.19. The van der Waals surface area contributed by atoms with Gasteiger partial charge < -0.3 is 9.72 Å². The third kappa shape index (κ3) is 3.19. The van der Waals surface area contributed by atoms with E-state index in [-0.39, 0.29) is 5.97 Å². The van der Waals surface area contributed by atoms with Crippen molar-refractivity contribution >= 4 is 5.97 Å². The highest BCUT2D eigenvalue weighted by atomic mass is 16.5. The second kappa shape index (κ2) is 6.53. The molecule has 0 bridgehead atoms. The van der Waals surface area contributed by atoms with Gasteiger partial charge in [-0.3, -0.25) is 0 Å². The van der Waals surface area contributed by atoms with Crippen molar-refractivity contribution in [2.75, 3.05) is 6.61 Å². The fraction of sp³-hybridized carbons (Fsp3) is 0.150. The van der Waals surface area contributed by atoms with E-state index < -0.39 is 0 Å². The van der Waals surface area contributed by atoms with Gasteiger partial charge in [-0.05, 0) is 31.0 Å². The van der Waals surface area contributed by atoms with Gasteiger partial charge in [0.05, 0.1) is 6.61 Å². The Morgan fingerprint density at radius 1 is 1.00 bits per heavy atom. The van der Waals surface area contributed by atoms with Crippen LogP contribution in [0.15, 0.2) is 60.7 Å². The van der Waals surface area contributed by atoms with Gasteiger partial charge >= 0.3 is 5.97 Å². The lowest BCUT2D eigenvalue weighted by Gasteiger charge is -2.04. The van der Waals surface area contributed by atoms with E-state index in [1.807, 2.05) is 74.5 Å². The van der Waals surface area contributed by atoms with Crippen LogP contribution in [0.4, 0.5) is 0 Å². The van der Waals surface area contributed by atoms with Crippen LogP contribution >= 0.6 is 0 Å². The summed E-state index contributed by atoms with van der Waals surface area (Å²) in [7, 11) is 0. The number of hydrogen-bond acceptors (Lipinski definition) is 2. The lowest BCUT2D eigenvalue weighted by Crippen LogP contribution is -2.06. The third-order valence-corrected chi connectivity index (χ3v) is 3.74. The molecule has 1 N–H and O–H groups in total. The van der Waals surface area contributed by atoms with Crippen molar-refractivity contribution in [3.05, 3.63) is 71.9 Å². The number of aromatic amines is 1. The molecular formula is C20H19NO2. The maximum atomic E-state index is 12.3. The molecule has 3 rings (SSSR count). The van der Waals surface area contributed by atoms with E-state index in [4.69, 9.17) is 4.74 Å². The van der Waals surface area contributed by atoms with Crippen LogP contribution in [0, 0.1) is 6.92 Å². The molecule has 0 fully saturated rings. The number of aromatic nitrogens is 1. The lowest BCUT2D eigenvalue weighted by atomic mass is 10.0. The number of esters is 1. The molecule has 0 spiro atoms. The first-order chi connectivity index (χ1) is 11.2. The topological polar surface area (TPSA) is 42.1 Å². The summed E-state index contributed by atoms with van der Waals surface area (Å²) in [6, 6.07) is 20.1. The van der Waals surface area contributed by atoms with Crippen molar-refractivity contribution < 1.29 is 9.53 Å². The SMILES string of the molecule is CCOC(=O)c1[nH]c(-c2ccccc2)cc1-c1ccc(C)cc1. The van der Waals surface area contributed by atoms with E-state index >= 15 is 0 Å². The molecule has 2 aromatic carbocycles. The summed E-state index contributed by atoms with van der Waals surface area (Å²) in [4.78, 5) is 15.5. The zero-order valence-electron chi connectivity index (χ0n) is 13.3. The van der Waals surface area contributed by atoms with Crippen molar-refractivity contribution in [2.24, 2.45) is 0 Å². The Morgan fingerprint density at radius 3 is 2.35 bits per heavy atom. The van der Waals surface area contributed by atoms with Crippen LogP contribution in [-0.2, 0) is 4.74 Å². The Balaban J connectivity index is 2.10. The first-order valence-corrected chi connectivity index (χ1v) is 7.71. The summed E-state index contributed by atoms with van der Waals surface area (Å²) >= 11 is 0. The fourth-order valence-corrected chi connectivity index (χ4v) is 2.55. The van der Waals surface area contributed by atoms with Crippen LogP contribution in [0.25, 0.3) is 22.4 Å². The second-order valence-corrected chi connectivity index (χ2v) is 5.42. The lowest BCUT2D eigenvalue weighted by molar-refractivity contribution is 0.0521. The van der Waals surface area contributed by atoms with Crippen molar-refractivity contribution in [2.45, 2.75) is 13.8 Å². The molecule has 3 nitrogen and oxygen atoms in total. The van der Waals surface area contributed by atoms with E-state index in [2.05, 4.69) is 4.98 Å². The van der Waals surface area contributed by atoms with Crippen molar-refractivity contribution in [3.8, 4) is 22.4 Å². The number of H-pyrrole nitrogens is 1. The van der Waals surface area contributed by atoms with Crippen LogP contribution in [-0.4, -0.2) is 17.6 Å². The van der Waals surface area contributed by atoms with Gasteiger partial charge in [0.15, 0.2) is 0 Å². The van der Waals surface area contributed by atoms with Gasteiger partial charge in [0.25, 0.3) is 0 Å². The number of benzene rings is 2. The second-order valence-electron chi connectivity index (χ2n) is 5.42. The molecule has 0 radical (unpaired) electrons. The zero-order valence-corrected chi connectivity index (χ0v) is 13.3. The molecule has 1 aromatic heterocycles. The van der Waals surface area contributed by atoms with Gasteiger partial charge in [0.2, 0.25) is 0 Å². The smallest absolute Gasteiger partial charge is 0.355 e. The number of aryl methyl sites for hydroxylation is 1. The molecule has 23 heavy (non-hydrogen) atoms. The summed E-state index contributed by atoms with van der Waals surface area (Å²) in [5, 5.41) is 0. The third-order valence-electron chi connectivity index (χ3n) is 3.74. The largest absolute Gasteiger partial charge is 0.461 e. The average Bonchev–Trinajstić information content (AvgIpc) is 3.02. The molecule has 0 atom stereocenters. The molecule has 1 heterocycles. The van der Waals surface area contributed by atoms with Crippen molar-refractivity contribution in [3.63, 3.8) is 0 Å². The van der Waals surface area contributed by atoms with Crippen LogP contribution in [0.3, 0.4) is 0 Å². The van der Waals surface area contributed by atoms with Crippen LogP contribution < -0.4 is 0 Å². The standard InChI is InChI=1S/C20H19NO2/c1-3-23-20(22)19-17(15-11-9-14(2)10-12-15)13-18(21-19)16-7-5-4-6-8-16/h4-13,21H,3H2,1-2H3. The van der Waals surface area contributed by atoms with E-state index in [1.54, 1.807) is 0 Å². The van der Waals surface area contributed by atoms with Crippen molar-refractivity contribution in [1.29, 1.82) is 0 Å². The molecule has 3 aromatic rings. The fourth-order valence-electron chi connectivity index (χ4n) is 2.55. The maximum Gasteiger partial charge on any atom is 0.355 e. The Bertz CT molecular complexity index is 801. The molecule has 0 unspecified atom stereocenters. The minimum Gasteiger partial charge on any atom is -0.461 e. The monoisotopic (exact) mass is 305 g/mol. The number of carbonyl (C=O) groups is 1.